The Morgan fingerprint density at radius 2 is 1.93 bits per heavy atom. The molecule has 2 aromatic rings. The summed E-state index contributed by atoms with van der Waals surface area (Å²) in [6, 6.07) is 16.3. The standard InChI is InChI=1S/C22H27ClN4O/c1-24-22(26(2)15-19-5-3-6-20(23)13-19)25-14-17-8-10-18(11-9-17)16-27-12-4-7-21(27)28/h3,5-6,8-11,13H,4,7,12,14-16H2,1-2H3,(H,24,25). The van der Waals surface area contributed by atoms with Crippen LogP contribution in [0.4, 0.5) is 0 Å². The van der Waals surface area contributed by atoms with Crippen molar-refractivity contribution in [2.75, 3.05) is 20.6 Å². The molecule has 0 aliphatic carbocycles. The number of rotatable bonds is 6. The molecule has 1 N–H and O–H groups in total. The molecule has 2 aromatic carbocycles. The molecular formula is C22H27ClN4O. The molecule has 28 heavy (non-hydrogen) atoms. The fourth-order valence-corrected chi connectivity index (χ4v) is 3.62. The van der Waals surface area contributed by atoms with Crippen LogP contribution >= 0.6 is 11.6 Å². The van der Waals surface area contributed by atoms with Crippen LogP contribution in [0.1, 0.15) is 29.5 Å². The molecule has 5 nitrogen and oxygen atoms in total. The fraction of sp³-hybridized carbons (Fsp3) is 0.364. The van der Waals surface area contributed by atoms with Gasteiger partial charge in [-0.2, -0.15) is 0 Å². The maximum atomic E-state index is 11.8. The van der Waals surface area contributed by atoms with Crippen LogP contribution in [0.3, 0.4) is 0 Å². The average Bonchev–Trinajstić information content (AvgIpc) is 3.08. The molecule has 1 saturated heterocycles. The topological polar surface area (TPSA) is 47.9 Å². The van der Waals surface area contributed by atoms with Crippen LogP contribution in [-0.4, -0.2) is 42.3 Å². The zero-order valence-corrected chi connectivity index (χ0v) is 17.2. The Hall–Kier alpha value is -2.53. The van der Waals surface area contributed by atoms with E-state index in [1.165, 1.54) is 11.1 Å². The van der Waals surface area contributed by atoms with Gasteiger partial charge in [0.05, 0.1) is 0 Å². The second kappa shape index (κ2) is 9.60. The molecular weight excluding hydrogens is 372 g/mol. The molecule has 0 saturated carbocycles. The highest BCUT2D eigenvalue weighted by Gasteiger charge is 2.19. The smallest absolute Gasteiger partial charge is 0.222 e. The predicted octanol–water partition coefficient (Wildman–Crippen LogP) is 3.67. The van der Waals surface area contributed by atoms with E-state index in [1.54, 1.807) is 7.05 Å². The molecule has 1 fully saturated rings. The molecule has 1 aliphatic heterocycles. The van der Waals surface area contributed by atoms with Gasteiger partial charge in [-0.05, 0) is 35.2 Å². The molecule has 0 aromatic heterocycles. The monoisotopic (exact) mass is 398 g/mol. The van der Waals surface area contributed by atoms with Crippen LogP contribution in [0.2, 0.25) is 5.02 Å². The lowest BCUT2D eigenvalue weighted by Gasteiger charge is -2.22. The third-order valence-corrected chi connectivity index (χ3v) is 5.14. The van der Waals surface area contributed by atoms with Gasteiger partial charge in [0.25, 0.3) is 0 Å². The number of nitrogens with one attached hydrogen (secondary N) is 1. The third kappa shape index (κ3) is 5.49. The highest BCUT2D eigenvalue weighted by Crippen LogP contribution is 2.15. The number of halogens is 1. The number of likely N-dealkylation sites (tertiary alicyclic amines) is 1. The predicted molar refractivity (Wildman–Crippen MR) is 114 cm³/mol. The molecule has 148 valence electrons. The van der Waals surface area contributed by atoms with E-state index in [4.69, 9.17) is 11.6 Å². The van der Waals surface area contributed by atoms with E-state index < -0.39 is 0 Å². The van der Waals surface area contributed by atoms with Gasteiger partial charge in [-0.3, -0.25) is 9.79 Å². The van der Waals surface area contributed by atoms with Gasteiger partial charge in [0.15, 0.2) is 5.96 Å². The first-order chi connectivity index (χ1) is 13.5. The van der Waals surface area contributed by atoms with Gasteiger partial charge >= 0.3 is 0 Å². The zero-order valence-electron chi connectivity index (χ0n) is 16.5. The van der Waals surface area contributed by atoms with Crippen LogP contribution < -0.4 is 5.32 Å². The summed E-state index contributed by atoms with van der Waals surface area (Å²) in [4.78, 5) is 20.1. The van der Waals surface area contributed by atoms with Gasteiger partial charge in [-0.25, -0.2) is 0 Å². The zero-order chi connectivity index (χ0) is 19.9. The van der Waals surface area contributed by atoms with Crippen molar-refractivity contribution in [3.63, 3.8) is 0 Å². The van der Waals surface area contributed by atoms with Crippen molar-refractivity contribution in [1.29, 1.82) is 0 Å². The van der Waals surface area contributed by atoms with Crippen LogP contribution in [-0.2, 0) is 24.4 Å². The van der Waals surface area contributed by atoms with Crippen LogP contribution in [0.15, 0.2) is 53.5 Å². The molecule has 1 aliphatic rings. The van der Waals surface area contributed by atoms with E-state index in [-0.39, 0.29) is 5.91 Å². The summed E-state index contributed by atoms with van der Waals surface area (Å²) in [6.45, 7) is 2.99. The lowest BCUT2D eigenvalue weighted by atomic mass is 10.1. The first-order valence-electron chi connectivity index (χ1n) is 9.57. The van der Waals surface area contributed by atoms with Crippen LogP contribution in [0.5, 0.6) is 0 Å². The number of carbonyl (C=O) groups excluding carboxylic acids is 1. The summed E-state index contributed by atoms with van der Waals surface area (Å²) < 4.78 is 0. The lowest BCUT2D eigenvalue weighted by molar-refractivity contribution is -0.128. The van der Waals surface area contributed by atoms with Crippen molar-refractivity contribution >= 4 is 23.5 Å². The molecule has 6 heteroatoms. The minimum absolute atomic E-state index is 0.261. The number of benzene rings is 2. The summed E-state index contributed by atoms with van der Waals surface area (Å²) in [7, 11) is 3.79. The van der Waals surface area contributed by atoms with Gasteiger partial charge in [0.2, 0.25) is 5.91 Å². The van der Waals surface area contributed by atoms with Crippen molar-refractivity contribution in [2.24, 2.45) is 4.99 Å². The van der Waals surface area contributed by atoms with E-state index in [0.29, 0.717) is 19.5 Å². The Bertz CT molecular complexity index is 835. The number of aliphatic imine (C=N–C) groups is 1. The van der Waals surface area contributed by atoms with Gasteiger partial charge in [0.1, 0.15) is 0 Å². The second-order valence-corrected chi connectivity index (χ2v) is 7.56. The number of nitrogens with zero attached hydrogens (tertiary/aromatic N) is 3. The largest absolute Gasteiger partial charge is 0.352 e. The van der Waals surface area contributed by atoms with Gasteiger partial charge in [0, 0.05) is 51.7 Å². The number of carbonyl (C=O) groups is 1. The SMILES string of the molecule is CN=C(NCc1ccc(CN2CCCC2=O)cc1)N(C)Cc1cccc(Cl)c1. The van der Waals surface area contributed by atoms with Crippen LogP contribution in [0, 0.1) is 0 Å². The van der Waals surface area contributed by atoms with Crippen molar-refractivity contribution in [1.82, 2.24) is 15.1 Å². The van der Waals surface area contributed by atoms with E-state index >= 15 is 0 Å². The quantitative estimate of drug-likeness (QED) is 0.596. The Balaban J connectivity index is 1.52. The Morgan fingerprint density at radius 3 is 2.57 bits per heavy atom. The second-order valence-electron chi connectivity index (χ2n) is 7.12. The molecule has 1 heterocycles. The van der Waals surface area contributed by atoms with Gasteiger partial charge in [-0.1, -0.05) is 48.0 Å². The van der Waals surface area contributed by atoms with Crippen molar-refractivity contribution in [3.8, 4) is 0 Å². The molecule has 0 spiro atoms. The van der Waals surface area contributed by atoms with Crippen molar-refractivity contribution in [2.45, 2.75) is 32.5 Å². The molecule has 0 atom stereocenters. The third-order valence-electron chi connectivity index (χ3n) is 4.90. The summed E-state index contributed by atoms with van der Waals surface area (Å²) >= 11 is 6.07. The number of guanidine groups is 1. The molecule has 0 radical (unpaired) electrons. The van der Waals surface area contributed by atoms with E-state index in [2.05, 4.69) is 45.5 Å². The van der Waals surface area contributed by atoms with Crippen molar-refractivity contribution in [3.05, 3.63) is 70.2 Å². The molecule has 1 amide bonds. The minimum atomic E-state index is 0.261. The minimum Gasteiger partial charge on any atom is -0.352 e. The number of hydrogen-bond donors (Lipinski definition) is 1. The Labute approximate surface area is 172 Å². The summed E-state index contributed by atoms with van der Waals surface area (Å²) in [5, 5.41) is 4.14. The number of hydrogen-bond acceptors (Lipinski definition) is 2. The molecule has 0 unspecified atom stereocenters. The lowest BCUT2D eigenvalue weighted by Crippen LogP contribution is -2.38. The summed E-state index contributed by atoms with van der Waals surface area (Å²) in [5.74, 6) is 1.09. The maximum Gasteiger partial charge on any atom is 0.222 e. The molecule has 0 bridgehead atoms. The van der Waals surface area contributed by atoms with Gasteiger partial charge < -0.3 is 15.1 Å². The summed E-state index contributed by atoms with van der Waals surface area (Å²) in [6.07, 6.45) is 1.66. The van der Waals surface area contributed by atoms with Crippen molar-refractivity contribution < 1.29 is 4.79 Å². The number of amides is 1. The van der Waals surface area contributed by atoms with Gasteiger partial charge in [-0.15, -0.1) is 0 Å². The van der Waals surface area contributed by atoms with Crippen LogP contribution in [0.25, 0.3) is 0 Å². The van der Waals surface area contributed by atoms with E-state index in [1.807, 2.05) is 30.1 Å². The normalized spacial score (nSPS) is 14.5. The highest BCUT2D eigenvalue weighted by molar-refractivity contribution is 6.30. The summed E-state index contributed by atoms with van der Waals surface area (Å²) in [5.41, 5.74) is 3.48. The van der Waals surface area contributed by atoms with E-state index in [0.717, 1.165) is 36.1 Å². The molecule has 3 rings (SSSR count). The first kappa shape index (κ1) is 20.2. The Morgan fingerprint density at radius 1 is 1.18 bits per heavy atom. The first-order valence-corrected chi connectivity index (χ1v) is 9.95. The average molecular weight is 399 g/mol. The van der Waals surface area contributed by atoms with E-state index in [9.17, 15) is 4.79 Å². The maximum absolute atomic E-state index is 11.8. The highest BCUT2D eigenvalue weighted by atomic mass is 35.5. The Kier molecular flexibility index (Phi) is 6.93. The fourth-order valence-electron chi connectivity index (χ4n) is 3.40.